The number of aromatic nitrogens is 2. The molecule has 128 valence electrons. The molecule has 2 aliphatic rings. The summed E-state index contributed by atoms with van der Waals surface area (Å²) in [7, 11) is 0. The number of carbonyl (C=O) groups is 1. The Morgan fingerprint density at radius 1 is 1.30 bits per heavy atom. The number of nitrogens with zero attached hydrogens (tertiary/aromatic N) is 2. The van der Waals surface area contributed by atoms with E-state index in [1.807, 2.05) is 13.8 Å². The number of hydrogen-bond acceptors (Lipinski definition) is 5. The van der Waals surface area contributed by atoms with Gasteiger partial charge in [-0.05, 0) is 44.4 Å². The highest BCUT2D eigenvalue weighted by Crippen LogP contribution is 2.38. The van der Waals surface area contributed by atoms with Crippen molar-refractivity contribution in [3.63, 3.8) is 0 Å². The first-order valence-corrected chi connectivity index (χ1v) is 8.51. The SMILES string of the molecule is Cc1noc([C@H](NC(=O)N[C@@H]2CCO[C@H](C3CC3)C2)C(C)C)n1. The Bertz CT molecular complexity index is 541. The summed E-state index contributed by atoms with van der Waals surface area (Å²) in [4.78, 5) is 16.6. The summed E-state index contributed by atoms with van der Waals surface area (Å²) in [6.07, 6.45) is 4.60. The van der Waals surface area contributed by atoms with Crippen LogP contribution >= 0.6 is 0 Å². The second-order valence-corrected chi connectivity index (χ2v) is 6.99. The van der Waals surface area contributed by atoms with Crippen molar-refractivity contribution in [2.45, 2.75) is 64.6 Å². The van der Waals surface area contributed by atoms with Crippen molar-refractivity contribution in [3.05, 3.63) is 11.7 Å². The van der Waals surface area contributed by atoms with E-state index in [1.165, 1.54) is 12.8 Å². The van der Waals surface area contributed by atoms with Crippen molar-refractivity contribution in [1.29, 1.82) is 0 Å². The molecule has 7 heteroatoms. The highest BCUT2D eigenvalue weighted by atomic mass is 16.5. The number of nitrogens with one attached hydrogen (secondary N) is 2. The molecule has 1 saturated heterocycles. The highest BCUT2D eigenvalue weighted by Gasteiger charge is 2.36. The zero-order valence-corrected chi connectivity index (χ0v) is 14.0. The Balaban J connectivity index is 1.54. The van der Waals surface area contributed by atoms with Gasteiger partial charge in [0, 0.05) is 12.6 Å². The number of hydrogen-bond donors (Lipinski definition) is 2. The molecule has 0 bridgehead atoms. The molecule has 7 nitrogen and oxygen atoms in total. The monoisotopic (exact) mass is 322 g/mol. The van der Waals surface area contributed by atoms with E-state index in [9.17, 15) is 4.79 Å². The van der Waals surface area contributed by atoms with Gasteiger partial charge < -0.3 is 19.9 Å². The minimum Gasteiger partial charge on any atom is -0.378 e. The third kappa shape index (κ3) is 4.22. The second-order valence-electron chi connectivity index (χ2n) is 6.99. The van der Waals surface area contributed by atoms with Crippen molar-refractivity contribution in [2.24, 2.45) is 11.8 Å². The molecule has 2 N–H and O–H groups in total. The van der Waals surface area contributed by atoms with Gasteiger partial charge in [-0.15, -0.1) is 0 Å². The van der Waals surface area contributed by atoms with Gasteiger partial charge >= 0.3 is 6.03 Å². The van der Waals surface area contributed by atoms with E-state index in [-0.39, 0.29) is 24.0 Å². The van der Waals surface area contributed by atoms with E-state index in [0.717, 1.165) is 19.4 Å². The smallest absolute Gasteiger partial charge is 0.315 e. The molecule has 1 aliphatic heterocycles. The number of rotatable bonds is 5. The Kier molecular flexibility index (Phi) is 4.84. The van der Waals surface area contributed by atoms with Crippen molar-refractivity contribution in [3.8, 4) is 0 Å². The molecule has 0 radical (unpaired) electrons. The van der Waals surface area contributed by atoms with Crippen LogP contribution in [0.2, 0.25) is 0 Å². The van der Waals surface area contributed by atoms with Crippen LogP contribution in [0.15, 0.2) is 4.52 Å². The van der Waals surface area contributed by atoms with Crippen molar-refractivity contribution < 1.29 is 14.1 Å². The summed E-state index contributed by atoms with van der Waals surface area (Å²) >= 11 is 0. The van der Waals surface area contributed by atoms with Crippen LogP contribution in [0.5, 0.6) is 0 Å². The van der Waals surface area contributed by atoms with Gasteiger partial charge in [-0.2, -0.15) is 4.98 Å². The number of aryl methyl sites for hydroxylation is 1. The largest absolute Gasteiger partial charge is 0.378 e. The van der Waals surface area contributed by atoms with E-state index >= 15 is 0 Å². The molecule has 2 fully saturated rings. The van der Waals surface area contributed by atoms with E-state index in [0.29, 0.717) is 23.7 Å². The molecule has 2 heterocycles. The van der Waals surface area contributed by atoms with Gasteiger partial charge in [0.15, 0.2) is 5.82 Å². The van der Waals surface area contributed by atoms with Gasteiger partial charge in [-0.25, -0.2) is 4.79 Å². The van der Waals surface area contributed by atoms with E-state index in [4.69, 9.17) is 9.26 Å². The van der Waals surface area contributed by atoms with Gasteiger partial charge in [0.1, 0.15) is 6.04 Å². The summed E-state index contributed by atoms with van der Waals surface area (Å²) in [5, 5.41) is 9.84. The first kappa shape index (κ1) is 16.2. The van der Waals surface area contributed by atoms with Crippen LogP contribution in [0.25, 0.3) is 0 Å². The molecule has 23 heavy (non-hydrogen) atoms. The second kappa shape index (κ2) is 6.86. The van der Waals surface area contributed by atoms with Crippen molar-refractivity contribution in [1.82, 2.24) is 20.8 Å². The van der Waals surface area contributed by atoms with E-state index in [2.05, 4.69) is 20.8 Å². The summed E-state index contributed by atoms with van der Waals surface area (Å²) in [5.41, 5.74) is 0. The first-order chi connectivity index (χ1) is 11.0. The summed E-state index contributed by atoms with van der Waals surface area (Å²) < 4.78 is 11.0. The fourth-order valence-electron chi connectivity index (χ4n) is 3.08. The van der Waals surface area contributed by atoms with Crippen LogP contribution in [0.3, 0.4) is 0 Å². The lowest BCUT2D eigenvalue weighted by atomic mass is 10.00. The lowest BCUT2D eigenvalue weighted by Crippen LogP contribution is -2.48. The molecule has 0 aromatic carbocycles. The maximum absolute atomic E-state index is 12.3. The van der Waals surface area contributed by atoms with Crippen LogP contribution in [-0.4, -0.2) is 34.9 Å². The van der Waals surface area contributed by atoms with Crippen LogP contribution < -0.4 is 10.6 Å². The molecule has 1 aliphatic carbocycles. The zero-order valence-electron chi connectivity index (χ0n) is 14.0. The molecule has 0 unspecified atom stereocenters. The predicted molar refractivity (Wildman–Crippen MR) is 83.8 cm³/mol. The number of ether oxygens (including phenoxy) is 1. The third-order valence-corrected chi connectivity index (χ3v) is 4.56. The number of urea groups is 1. The van der Waals surface area contributed by atoms with Gasteiger partial charge in [0.05, 0.1) is 6.10 Å². The quantitative estimate of drug-likeness (QED) is 0.868. The van der Waals surface area contributed by atoms with Crippen molar-refractivity contribution >= 4 is 6.03 Å². The highest BCUT2D eigenvalue weighted by molar-refractivity contribution is 5.74. The Morgan fingerprint density at radius 2 is 2.09 bits per heavy atom. The average Bonchev–Trinajstić information content (AvgIpc) is 3.27. The molecule has 3 atom stereocenters. The number of amides is 2. The number of carbonyl (C=O) groups excluding carboxylic acids is 1. The topological polar surface area (TPSA) is 89.3 Å². The van der Waals surface area contributed by atoms with Crippen LogP contribution in [-0.2, 0) is 4.74 Å². The summed E-state index contributed by atoms with van der Waals surface area (Å²) in [6.45, 7) is 6.52. The lowest BCUT2D eigenvalue weighted by Gasteiger charge is -2.31. The summed E-state index contributed by atoms with van der Waals surface area (Å²) in [6, 6.07) is -0.289. The predicted octanol–water partition coefficient (Wildman–Crippen LogP) is 2.33. The molecule has 1 aromatic rings. The third-order valence-electron chi connectivity index (χ3n) is 4.56. The Hall–Kier alpha value is -1.63. The first-order valence-electron chi connectivity index (χ1n) is 8.51. The van der Waals surface area contributed by atoms with Crippen molar-refractivity contribution in [2.75, 3.05) is 6.61 Å². The standard InChI is InChI=1S/C16H26N4O3/c1-9(2)14(15-17-10(3)20-23-15)19-16(21)18-12-6-7-22-13(8-12)11-4-5-11/h9,11-14H,4-8H2,1-3H3,(H2,18,19,21)/t12-,13+,14-/m1/s1. The minimum atomic E-state index is -0.282. The average molecular weight is 322 g/mol. The Labute approximate surface area is 136 Å². The Morgan fingerprint density at radius 3 is 2.70 bits per heavy atom. The zero-order chi connectivity index (χ0) is 16.4. The molecule has 0 spiro atoms. The van der Waals surface area contributed by atoms with Gasteiger partial charge in [-0.1, -0.05) is 19.0 Å². The minimum absolute atomic E-state index is 0.162. The molecular formula is C16H26N4O3. The maximum Gasteiger partial charge on any atom is 0.315 e. The fourth-order valence-corrected chi connectivity index (χ4v) is 3.08. The van der Waals surface area contributed by atoms with Gasteiger partial charge in [0.25, 0.3) is 0 Å². The molecule has 1 aromatic heterocycles. The lowest BCUT2D eigenvalue weighted by molar-refractivity contribution is -0.00923. The van der Waals surface area contributed by atoms with Crippen LogP contribution in [0.1, 0.15) is 57.3 Å². The van der Waals surface area contributed by atoms with E-state index < -0.39 is 0 Å². The maximum atomic E-state index is 12.3. The molecule has 3 rings (SSSR count). The van der Waals surface area contributed by atoms with Gasteiger partial charge in [-0.3, -0.25) is 0 Å². The van der Waals surface area contributed by atoms with Gasteiger partial charge in [0.2, 0.25) is 5.89 Å². The molecule has 2 amide bonds. The fraction of sp³-hybridized carbons (Fsp3) is 0.812. The normalized spacial score (nSPS) is 26.1. The molecule has 1 saturated carbocycles. The van der Waals surface area contributed by atoms with Crippen LogP contribution in [0.4, 0.5) is 4.79 Å². The summed E-state index contributed by atoms with van der Waals surface area (Å²) in [5.74, 6) is 1.89. The molecular weight excluding hydrogens is 296 g/mol. The van der Waals surface area contributed by atoms with Crippen LogP contribution in [0, 0.1) is 18.8 Å². The van der Waals surface area contributed by atoms with E-state index in [1.54, 1.807) is 6.92 Å².